The average molecular weight is 354 g/mol. The molecule has 1 aliphatic rings. The van der Waals surface area contributed by atoms with Crippen LogP contribution in [0, 0.1) is 5.92 Å². The number of ether oxygens (including phenoxy) is 1. The summed E-state index contributed by atoms with van der Waals surface area (Å²) in [5.74, 6) is 1.42. The fraction of sp³-hybridized carbons (Fsp3) is 0.611. The summed E-state index contributed by atoms with van der Waals surface area (Å²) < 4.78 is 5.49. The van der Waals surface area contributed by atoms with Gasteiger partial charge in [0, 0.05) is 24.7 Å². The van der Waals surface area contributed by atoms with Gasteiger partial charge in [-0.1, -0.05) is 23.7 Å². The Labute approximate surface area is 149 Å². The second-order valence-electron chi connectivity index (χ2n) is 6.16. The second kappa shape index (κ2) is 10.5. The molecule has 1 atom stereocenters. The lowest BCUT2D eigenvalue weighted by atomic mass is 10.1. The van der Waals surface area contributed by atoms with Crippen LogP contribution in [-0.4, -0.2) is 50.0 Å². The predicted molar refractivity (Wildman–Crippen MR) is 98.7 cm³/mol. The molecule has 5 nitrogen and oxygen atoms in total. The monoisotopic (exact) mass is 353 g/mol. The molecule has 1 unspecified atom stereocenters. The number of aliphatic imine (C=N–C) groups is 1. The summed E-state index contributed by atoms with van der Waals surface area (Å²) in [7, 11) is 0. The van der Waals surface area contributed by atoms with Gasteiger partial charge in [0.2, 0.25) is 0 Å². The van der Waals surface area contributed by atoms with Gasteiger partial charge in [0.05, 0.1) is 19.3 Å². The summed E-state index contributed by atoms with van der Waals surface area (Å²) in [6.07, 6.45) is 2.81. The minimum Gasteiger partial charge on any atom is -0.389 e. The molecule has 1 aromatic carbocycles. The van der Waals surface area contributed by atoms with E-state index in [1.165, 1.54) is 18.4 Å². The zero-order valence-corrected chi connectivity index (χ0v) is 15.1. The lowest BCUT2D eigenvalue weighted by Gasteiger charge is -2.13. The van der Waals surface area contributed by atoms with Crippen molar-refractivity contribution in [2.75, 3.05) is 32.8 Å². The fourth-order valence-electron chi connectivity index (χ4n) is 2.26. The first kappa shape index (κ1) is 19.0. The van der Waals surface area contributed by atoms with E-state index in [1.807, 2.05) is 25.1 Å². The number of aliphatic hydroxyl groups excluding tert-OH is 1. The third-order valence-corrected chi connectivity index (χ3v) is 4.00. The molecule has 0 spiro atoms. The van der Waals surface area contributed by atoms with Crippen LogP contribution in [0.15, 0.2) is 29.3 Å². The summed E-state index contributed by atoms with van der Waals surface area (Å²) in [5, 5.41) is 17.1. The van der Waals surface area contributed by atoms with E-state index in [0.29, 0.717) is 25.0 Å². The molecule has 1 aliphatic carbocycles. The summed E-state index contributed by atoms with van der Waals surface area (Å²) in [4.78, 5) is 4.41. The van der Waals surface area contributed by atoms with Crippen molar-refractivity contribution in [3.8, 4) is 0 Å². The van der Waals surface area contributed by atoms with E-state index >= 15 is 0 Å². The van der Waals surface area contributed by atoms with Crippen LogP contribution in [0.25, 0.3) is 0 Å². The Bertz CT molecular complexity index is 521. The third kappa shape index (κ3) is 7.99. The molecule has 0 aromatic heterocycles. The topological polar surface area (TPSA) is 65.9 Å². The number of guanidine groups is 1. The van der Waals surface area contributed by atoms with Crippen molar-refractivity contribution in [2.24, 2.45) is 10.9 Å². The minimum atomic E-state index is -0.563. The highest BCUT2D eigenvalue weighted by atomic mass is 35.5. The first-order valence-electron chi connectivity index (χ1n) is 8.69. The number of nitrogens with one attached hydrogen (secondary N) is 2. The maximum Gasteiger partial charge on any atom is 0.191 e. The number of benzene rings is 1. The largest absolute Gasteiger partial charge is 0.389 e. The molecule has 1 aromatic rings. The van der Waals surface area contributed by atoms with Gasteiger partial charge in [-0.3, -0.25) is 4.99 Å². The predicted octanol–water partition coefficient (Wildman–Crippen LogP) is 2.23. The molecule has 0 bridgehead atoms. The van der Waals surface area contributed by atoms with Crippen LogP contribution in [0.5, 0.6) is 0 Å². The Balaban J connectivity index is 1.68. The SMILES string of the molecule is CCNC(=NCC(O)COCC1CC1)NCCc1cccc(Cl)c1. The number of rotatable bonds is 10. The number of nitrogens with zero attached hydrogens (tertiary/aromatic N) is 1. The van der Waals surface area contributed by atoms with Crippen molar-refractivity contribution in [2.45, 2.75) is 32.3 Å². The van der Waals surface area contributed by atoms with Crippen molar-refractivity contribution in [1.82, 2.24) is 10.6 Å². The molecule has 2 rings (SSSR count). The molecule has 134 valence electrons. The molecule has 0 amide bonds. The zero-order valence-electron chi connectivity index (χ0n) is 14.3. The van der Waals surface area contributed by atoms with Crippen molar-refractivity contribution >= 4 is 17.6 Å². The number of halogens is 1. The van der Waals surface area contributed by atoms with E-state index in [0.717, 1.165) is 31.1 Å². The van der Waals surface area contributed by atoms with Gasteiger partial charge in [-0.25, -0.2) is 0 Å². The van der Waals surface area contributed by atoms with Crippen LogP contribution < -0.4 is 10.6 Å². The van der Waals surface area contributed by atoms with E-state index in [-0.39, 0.29) is 0 Å². The van der Waals surface area contributed by atoms with Gasteiger partial charge in [-0.15, -0.1) is 0 Å². The van der Waals surface area contributed by atoms with E-state index in [9.17, 15) is 5.11 Å². The van der Waals surface area contributed by atoms with Crippen LogP contribution in [0.2, 0.25) is 5.02 Å². The number of hydrogen-bond acceptors (Lipinski definition) is 3. The molecule has 0 saturated heterocycles. The van der Waals surface area contributed by atoms with Gasteiger partial charge in [-0.05, 0) is 49.8 Å². The standard InChI is InChI=1S/C18H28ClN3O2/c1-2-20-18(21-9-8-14-4-3-5-16(19)10-14)22-11-17(23)13-24-12-15-6-7-15/h3-5,10,15,17,23H,2,6-9,11-13H2,1H3,(H2,20,21,22). The summed E-state index contributed by atoms with van der Waals surface area (Å²) in [6.45, 7) is 4.99. The van der Waals surface area contributed by atoms with Crippen molar-refractivity contribution in [3.63, 3.8) is 0 Å². The molecule has 3 N–H and O–H groups in total. The van der Waals surface area contributed by atoms with Gasteiger partial charge in [-0.2, -0.15) is 0 Å². The van der Waals surface area contributed by atoms with E-state index in [4.69, 9.17) is 16.3 Å². The van der Waals surface area contributed by atoms with Crippen molar-refractivity contribution in [1.29, 1.82) is 0 Å². The van der Waals surface area contributed by atoms with Crippen LogP contribution in [0.1, 0.15) is 25.3 Å². The first-order valence-corrected chi connectivity index (χ1v) is 9.07. The first-order chi connectivity index (χ1) is 11.7. The lowest BCUT2D eigenvalue weighted by molar-refractivity contribution is 0.0368. The molecular weight excluding hydrogens is 326 g/mol. The number of aliphatic hydroxyl groups is 1. The summed E-state index contributed by atoms with van der Waals surface area (Å²) in [5.41, 5.74) is 1.18. The third-order valence-electron chi connectivity index (χ3n) is 3.76. The molecular formula is C18H28ClN3O2. The molecule has 1 saturated carbocycles. The molecule has 24 heavy (non-hydrogen) atoms. The highest BCUT2D eigenvalue weighted by Crippen LogP contribution is 2.28. The normalized spacial score (nSPS) is 16.0. The summed E-state index contributed by atoms with van der Waals surface area (Å²) >= 11 is 5.99. The average Bonchev–Trinajstić information content (AvgIpc) is 3.37. The molecule has 0 heterocycles. The zero-order chi connectivity index (χ0) is 17.2. The van der Waals surface area contributed by atoms with E-state index in [1.54, 1.807) is 0 Å². The smallest absolute Gasteiger partial charge is 0.191 e. The van der Waals surface area contributed by atoms with Crippen molar-refractivity contribution < 1.29 is 9.84 Å². The molecule has 1 fully saturated rings. The summed E-state index contributed by atoms with van der Waals surface area (Å²) in [6, 6.07) is 7.85. The van der Waals surface area contributed by atoms with Gasteiger partial charge in [0.15, 0.2) is 5.96 Å². The van der Waals surface area contributed by atoms with Gasteiger partial charge in [0.1, 0.15) is 0 Å². The van der Waals surface area contributed by atoms with Gasteiger partial charge in [0.25, 0.3) is 0 Å². The van der Waals surface area contributed by atoms with Crippen LogP contribution in [0.4, 0.5) is 0 Å². The van der Waals surface area contributed by atoms with Crippen molar-refractivity contribution in [3.05, 3.63) is 34.9 Å². The molecule has 0 aliphatic heterocycles. The van der Waals surface area contributed by atoms with Gasteiger partial charge >= 0.3 is 0 Å². The molecule has 0 radical (unpaired) electrons. The van der Waals surface area contributed by atoms with Crippen LogP contribution in [-0.2, 0) is 11.2 Å². The second-order valence-corrected chi connectivity index (χ2v) is 6.60. The maximum atomic E-state index is 9.93. The number of hydrogen-bond donors (Lipinski definition) is 3. The minimum absolute atomic E-state index is 0.331. The quantitative estimate of drug-likeness (QED) is 0.446. The van der Waals surface area contributed by atoms with E-state index in [2.05, 4.69) is 21.7 Å². The Morgan fingerprint density at radius 1 is 1.42 bits per heavy atom. The highest BCUT2D eigenvalue weighted by Gasteiger charge is 2.21. The Morgan fingerprint density at radius 3 is 2.96 bits per heavy atom. The highest BCUT2D eigenvalue weighted by molar-refractivity contribution is 6.30. The molecule has 6 heteroatoms. The van der Waals surface area contributed by atoms with Crippen LogP contribution >= 0.6 is 11.6 Å². The van der Waals surface area contributed by atoms with E-state index < -0.39 is 6.10 Å². The lowest BCUT2D eigenvalue weighted by Crippen LogP contribution is -2.39. The fourth-order valence-corrected chi connectivity index (χ4v) is 2.48. The van der Waals surface area contributed by atoms with Gasteiger partial charge < -0.3 is 20.5 Å². The Morgan fingerprint density at radius 2 is 2.25 bits per heavy atom. The maximum absolute atomic E-state index is 9.93. The Hall–Kier alpha value is -1.30. The Kier molecular flexibility index (Phi) is 8.36. The van der Waals surface area contributed by atoms with Crippen LogP contribution in [0.3, 0.4) is 0 Å².